The second-order valence-corrected chi connectivity index (χ2v) is 17.8. The summed E-state index contributed by atoms with van der Waals surface area (Å²) in [6, 6.07) is -0.295. The second-order valence-electron chi connectivity index (χ2n) is 17.8. The topological polar surface area (TPSA) is 195 Å². The average Bonchev–Trinajstić information content (AvgIpc) is 3.14. The molecule has 0 aromatic heterocycles. The zero-order valence-corrected chi connectivity index (χ0v) is 37.6. The predicted molar refractivity (Wildman–Crippen MR) is 210 cm³/mol. The summed E-state index contributed by atoms with van der Waals surface area (Å²) in [5.41, 5.74) is -4.37. The highest BCUT2D eigenvalue weighted by Crippen LogP contribution is 2.42. The molecule has 3 fully saturated rings. The maximum absolute atomic E-state index is 14.4. The molecule has 58 heavy (non-hydrogen) atoms. The minimum atomic E-state index is -2.00. The number of ether oxygens (including phenoxy) is 9. The first-order chi connectivity index (χ1) is 26.8. The molecule has 0 spiro atoms. The van der Waals surface area contributed by atoms with E-state index >= 15 is 0 Å². The van der Waals surface area contributed by atoms with Crippen molar-refractivity contribution in [2.75, 3.05) is 28.3 Å². The molecule has 0 saturated carbocycles. The summed E-state index contributed by atoms with van der Waals surface area (Å²) in [6.45, 7) is 19.6. The van der Waals surface area contributed by atoms with E-state index in [1.807, 2.05) is 32.8 Å². The average molecular weight is 832 g/mol. The van der Waals surface area contributed by atoms with E-state index in [2.05, 4.69) is 0 Å². The van der Waals surface area contributed by atoms with Crippen LogP contribution < -0.4 is 0 Å². The maximum Gasteiger partial charge on any atom is 0.311 e. The number of nitrogens with zero attached hydrogens (tertiary/aromatic N) is 1. The van der Waals surface area contributed by atoms with Crippen LogP contribution in [0.5, 0.6) is 0 Å². The lowest BCUT2D eigenvalue weighted by atomic mass is 9.74. The summed E-state index contributed by atoms with van der Waals surface area (Å²) in [4.78, 5) is 55.1. The van der Waals surface area contributed by atoms with Crippen molar-refractivity contribution in [3.63, 3.8) is 0 Å². The van der Waals surface area contributed by atoms with Crippen molar-refractivity contribution in [3.8, 4) is 0 Å². The molecule has 3 rings (SSSR count). The number of ketones is 1. The Morgan fingerprint density at radius 1 is 0.828 bits per heavy atom. The molecular formula is C42H73NO15. The zero-order chi connectivity index (χ0) is 44.2. The highest BCUT2D eigenvalue weighted by molar-refractivity contribution is 5.83. The van der Waals surface area contributed by atoms with Crippen LogP contribution in [0.15, 0.2) is 0 Å². The van der Waals surface area contributed by atoms with Gasteiger partial charge in [0, 0.05) is 52.2 Å². The van der Waals surface area contributed by atoms with Crippen LogP contribution in [0, 0.1) is 23.7 Å². The number of esters is 3. The number of likely N-dealkylation sites (N-methyl/N-ethyl adjacent to an activating group) is 1. The summed E-state index contributed by atoms with van der Waals surface area (Å²) >= 11 is 0. The molecule has 0 amide bonds. The molecule has 16 heteroatoms. The summed E-state index contributed by atoms with van der Waals surface area (Å²) < 4.78 is 56.4. The quantitative estimate of drug-likeness (QED) is 0.239. The van der Waals surface area contributed by atoms with Crippen LogP contribution in [0.2, 0.25) is 0 Å². The minimum absolute atomic E-state index is 0.0691. The third kappa shape index (κ3) is 11.1. The van der Waals surface area contributed by atoms with Crippen molar-refractivity contribution < 1.29 is 72.0 Å². The van der Waals surface area contributed by atoms with Crippen LogP contribution in [-0.2, 0) is 61.8 Å². The van der Waals surface area contributed by atoms with Crippen molar-refractivity contribution in [3.05, 3.63) is 0 Å². The van der Waals surface area contributed by atoms with Crippen LogP contribution in [0.3, 0.4) is 0 Å². The molecule has 3 aliphatic rings. The van der Waals surface area contributed by atoms with Gasteiger partial charge < -0.3 is 57.7 Å². The third-order valence-electron chi connectivity index (χ3n) is 12.8. The number of aliphatic hydroxyl groups excluding tert-OH is 1. The Labute approximate surface area is 345 Å². The van der Waals surface area contributed by atoms with Crippen LogP contribution in [0.1, 0.15) is 109 Å². The van der Waals surface area contributed by atoms with E-state index in [9.17, 15) is 29.4 Å². The normalized spacial score (nSPS) is 44.9. The molecule has 0 aromatic carbocycles. The number of Topliss-reactive ketones (excluding diaryl/α,β-unsaturated/α-hetero) is 1. The molecule has 3 aliphatic heterocycles. The second kappa shape index (κ2) is 20.1. The largest absolute Gasteiger partial charge is 0.459 e. The number of cyclic esters (lactones) is 1. The smallest absolute Gasteiger partial charge is 0.311 e. The van der Waals surface area contributed by atoms with E-state index in [1.54, 1.807) is 48.5 Å². The Morgan fingerprint density at radius 3 is 1.91 bits per heavy atom. The van der Waals surface area contributed by atoms with Gasteiger partial charge in [0.2, 0.25) is 0 Å². The van der Waals surface area contributed by atoms with Crippen molar-refractivity contribution >= 4 is 23.7 Å². The lowest BCUT2D eigenvalue weighted by Gasteiger charge is -2.50. The van der Waals surface area contributed by atoms with Crippen LogP contribution >= 0.6 is 0 Å². The molecule has 2 unspecified atom stereocenters. The fourth-order valence-corrected chi connectivity index (χ4v) is 9.27. The van der Waals surface area contributed by atoms with Crippen molar-refractivity contribution in [1.82, 2.24) is 4.90 Å². The molecule has 3 heterocycles. The first-order valence-corrected chi connectivity index (χ1v) is 20.7. The Kier molecular flexibility index (Phi) is 17.3. The van der Waals surface area contributed by atoms with Crippen molar-refractivity contribution in [1.29, 1.82) is 0 Å². The number of methoxy groups -OCH3 is 2. The maximum atomic E-state index is 14.4. The van der Waals surface area contributed by atoms with E-state index < -0.39 is 114 Å². The number of carbonyl (C=O) groups is 4. The van der Waals surface area contributed by atoms with E-state index in [0.29, 0.717) is 6.42 Å². The standard InChI is InChI=1S/C42H73NO15/c1-17-30-42(12,49)35(47)23(4)32(46)21(2)19-40(10,50-15)36(58-39-34(54-27(8)44)29(43(13)14)18-22(3)52-39)24(5)33(25(6)38(48)56-30)57-31-20-41(11,51-16)37(26(7)53-31)55-28(9)45/h21-26,29-31,33-37,39,47,49H,17-20H2,1-16H3/t21-,22-,23+,24+,25-,26+,29+,30?,31+,33?,34-,35-,36-,37+,39+,40-,41-,42-/m1/s1. The van der Waals surface area contributed by atoms with Gasteiger partial charge in [-0.3, -0.25) is 19.2 Å². The summed E-state index contributed by atoms with van der Waals surface area (Å²) in [5.74, 6) is -5.76. The molecular weight excluding hydrogens is 758 g/mol. The number of hydrogen-bond donors (Lipinski definition) is 2. The van der Waals surface area contributed by atoms with Gasteiger partial charge in [0.25, 0.3) is 0 Å². The van der Waals surface area contributed by atoms with Crippen LogP contribution in [0.25, 0.3) is 0 Å². The summed E-state index contributed by atoms with van der Waals surface area (Å²) in [6.07, 6.45) is -8.86. The van der Waals surface area contributed by atoms with Crippen LogP contribution in [-0.4, -0.2) is 151 Å². The molecule has 2 N–H and O–H groups in total. The highest BCUT2D eigenvalue weighted by atomic mass is 16.7. The Hall–Kier alpha value is -2.28. The number of rotatable bonds is 10. The lowest BCUT2D eigenvalue weighted by Crippen LogP contribution is -2.62. The van der Waals surface area contributed by atoms with E-state index in [0.717, 1.165) is 0 Å². The molecule has 0 aromatic rings. The Balaban J connectivity index is 2.28. The van der Waals surface area contributed by atoms with Gasteiger partial charge in [-0.25, -0.2) is 0 Å². The van der Waals surface area contributed by atoms with E-state index in [4.69, 9.17) is 42.6 Å². The number of aliphatic hydroxyl groups is 2. The predicted octanol–water partition coefficient (Wildman–Crippen LogP) is 3.58. The van der Waals surface area contributed by atoms with Crippen molar-refractivity contribution in [2.24, 2.45) is 23.7 Å². The summed E-state index contributed by atoms with van der Waals surface area (Å²) in [7, 11) is 6.76. The number of hydrogen-bond acceptors (Lipinski definition) is 16. The van der Waals surface area contributed by atoms with Crippen molar-refractivity contribution in [2.45, 2.75) is 193 Å². The highest BCUT2D eigenvalue weighted by Gasteiger charge is 2.55. The van der Waals surface area contributed by atoms with Gasteiger partial charge in [-0.2, -0.15) is 0 Å². The molecule has 0 aliphatic carbocycles. The van der Waals surface area contributed by atoms with E-state index in [1.165, 1.54) is 35.0 Å². The van der Waals surface area contributed by atoms with Gasteiger partial charge >= 0.3 is 17.9 Å². The zero-order valence-electron chi connectivity index (χ0n) is 37.6. The van der Waals surface area contributed by atoms with Gasteiger partial charge in [0.15, 0.2) is 24.8 Å². The molecule has 16 nitrogen and oxygen atoms in total. The van der Waals surface area contributed by atoms with Crippen LogP contribution in [0.4, 0.5) is 0 Å². The summed E-state index contributed by atoms with van der Waals surface area (Å²) in [5, 5.41) is 23.3. The lowest BCUT2D eigenvalue weighted by molar-refractivity contribution is -0.320. The monoisotopic (exact) mass is 831 g/mol. The van der Waals surface area contributed by atoms with Gasteiger partial charge in [-0.15, -0.1) is 0 Å². The Morgan fingerprint density at radius 2 is 1.40 bits per heavy atom. The molecule has 18 atom stereocenters. The molecule has 3 saturated heterocycles. The molecule has 0 bridgehead atoms. The first-order valence-electron chi connectivity index (χ1n) is 20.7. The van der Waals surface area contributed by atoms with Gasteiger partial charge in [0.05, 0.1) is 48.1 Å². The molecule has 336 valence electrons. The third-order valence-corrected chi connectivity index (χ3v) is 12.8. The van der Waals surface area contributed by atoms with Gasteiger partial charge in [0.1, 0.15) is 23.1 Å². The van der Waals surface area contributed by atoms with Gasteiger partial charge in [-0.1, -0.05) is 27.7 Å². The first kappa shape index (κ1) is 50.1. The van der Waals surface area contributed by atoms with E-state index in [-0.39, 0.29) is 37.2 Å². The van der Waals surface area contributed by atoms with Gasteiger partial charge in [-0.05, 0) is 74.9 Å². The fourth-order valence-electron chi connectivity index (χ4n) is 9.27. The SMILES string of the molecule is CCC1OC(=O)[C@H](C)C(O[C@H]2C[C@@](C)(OC)[C@@H](OC(C)=O)[C@H](C)O2)[C@H](C)[C@@H](O[C@@H]2O[C@H](C)C[C@H](N(C)C)[C@H]2OC(C)=O)[C@](C)(OC)C[C@@H](C)C(=O)[C@H](C)[C@@H](O)[C@]1(C)O. The molecule has 0 radical (unpaired) electrons. The fraction of sp³-hybridized carbons (Fsp3) is 0.905. The minimum Gasteiger partial charge on any atom is -0.459 e. The Bertz CT molecular complexity index is 1410. The number of carbonyl (C=O) groups excluding carboxylic acids is 4.